The SMILES string of the molecule is CCO[C@@H]1C[C@H]2C(=O)NC3(CCC3)C(=O)N(C)[C@@H](C3CCCCC3)C(=O)N(C)[C@H](C(=O)N3CCCC3)CC(=O)N(C)[C@@H](CC(C)C)C(=O)N[C@@H]([C@@H](C)CC)C(=O)N(C)CC(=O)N(C)CC(=O)N(C)[C@@H](CC3CCCCC3)C(=O)N(C)CC(=O)N[C@@H](CCc3ccc(C(F)(F)F)c(Cl)c3)C(=O)N2C1. The lowest BCUT2D eigenvalue weighted by molar-refractivity contribution is -0.158. The maximum absolute atomic E-state index is 15.8. The molecule has 3 aliphatic heterocycles. The zero-order valence-electron chi connectivity index (χ0n) is 62.0. The first kappa shape index (κ1) is 82.2. The smallest absolute Gasteiger partial charge is 0.377 e. The van der Waals surface area contributed by atoms with Crippen molar-refractivity contribution in [1.82, 2.24) is 60.0 Å². The Hall–Kier alpha value is -7.10. The second-order valence-electron chi connectivity index (χ2n) is 30.1. The number of rotatable bonds is 13. The summed E-state index contributed by atoms with van der Waals surface area (Å²) in [6.45, 7) is 8.10. The third kappa shape index (κ3) is 20.4. The molecule has 6 aliphatic rings. The van der Waals surface area contributed by atoms with Crippen molar-refractivity contribution in [2.24, 2.45) is 23.7 Å². The van der Waals surface area contributed by atoms with Crippen LogP contribution < -0.4 is 16.0 Å². The molecule has 3 heterocycles. The zero-order chi connectivity index (χ0) is 75.2. The predicted octanol–water partition coefficient (Wildman–Crippen LogP) is 5.66. The first-order chi connectivity index (χ1) is 48.1. The Morgan fingerprint density at radius 3 is 1.85 bits per heavy atom. The highest BCUT2D eigenvalue weighted by atomic mass is 35.5. The largest absolute Gasteiger partial charge is 0.417 e. The molecule has 6 fully saturated rings. The van der Waals surface area contributed by atoms with Crippen LogP contribution in [0.15, 0.2) is 18.2 Å². The van der Waals surface area contributed by atoms with Gasteiger partial charge < -0.3 is 64.8 Å². The Morgan fingerprint density at radius 1 is 0.667 bits per heavy atom. The number of likely N-dealkylation sites (tertiary alicyclic amines) is 1. The zero-order valence-corrected chi connectivity index (χ0v) is 62.8. The van der Waals surface area contributed by atoms with Crippen LogP contribution in [0.25, 0.3) is 0 Å². The van der Waals surface area contributed by atoms with Gasteiger partial charge in [-0.1, -0.05) is 103 Å². The lowest BCUT2D eigenvalue weighted by atomic mass is 9.74. The minimum absolute atomic E-state index is 0.00731. The summed E-state index contributed by atoms with van der Waals surface area (Å²) in [6, 6.07) is -5.81. The molecule has 29 heteroatoms. The number of aryl methyl sites for hydroxylation is 1. The van der Waals surface area contributed by atoms with E-state index in [0.717, 1.165) is 78.2 Å². The highest BCUT2D eigenvalue weighted by Gasteiger charge is 2.54. The van der Waals surface area contributed by atoms with Crippen LogP contribution in [-0.4, -0.2) is 264 Å². The Morgan fingerprint density at radius 2 is 1.27 bits per heavy atom. The number of carbonyl (C=O) groups is 12. The molecule has 0 bridgehead atoms. The number of nitrogens with one attached hydrogen (secondary N) is 3. The Kier molecular flexibility index (Phi) is 29.5. The summed E-state index contributed by atoms with van der Waals surface area (Å²) in [4.78, 5) is 191. The molecule has 9 atom stereocenters. The molecule has 0 radical (unpaired) electrons. The summed E-state index contributed by atoms with van der Waals surface area (Å²) in [5.74, 6) is -9.02. The molecule has 1 aromatic rings. The standard InChI is InChI=1S/C73H112ClF3N12O13/c1-13-46(5)62-69(99)83(8)43-60(92)81(6)44-61(93)85(10)56(38-47-24-17-15-18-25-47)67(97)82(7)42-58(90)78-53(31-29-48-28-30-51(52(74)37-48)73(75,76)77)66(96)89-41-50(102-14-2)39-55(89)65(95)80-72(32-23-33-72)71(101)87(12)63(49-26-19-16-20-27-49)70(100)86(11)57(68(98)88-34-21-22-35-88)40-59(91)84(9)54(36-45(3)4)64(94)79-62/h28,30,37,45-47,49-50,53-57,62-63H,13-27,29,31-36,38-44H2,1-12H3,(H,78,90)(H,79,94)(H,80,95)/t46-,50+,53-,54-,55-,56-,57-,62-,63-/m0/s1. The minimum Gasteiger partial charge on any atom is -0.377 e. The number of carbonyl (C=O) groups excluding carboxylic acids is 12. The molecule has 7 rings (SSSR count). The van der Waals surface area contributed by atoms with Crippen molar-refractivity contribution in [1.29, 1.82) is 0 Å². The van der Waals surface area contributed by atoms with E-state index in [1.165, 1.54) is 79.9 Å². The highest BCUT2D eigenvalue weighted by Crippen LogP contribution is 2.39. The van der Waals surface area contributed by atoms with Crippen molar-refractivity contribution in [2.75, 3.05) is 95.2 Å². The minimum atomic E-state index is -4.77. The number of benzene rings is 1. The number of likely N-dealkylation sites (N-methyl/N-ethyl adjacent to an activating group) is 7. The molecule has 0 unspecified atom stereocenters. The number of ether oxygens (including phenoxy) is 1. The summed E-state index contributed by atoms with van der Waals surface area (Å²) < 4.78 is 47.8. The quantitative estimate of drug-likeness (QED) is 0.215. The van der Waals surface area contributed by atoms with Crippen molar-refractivity contribution in [3.63, 3.8) is 0 Å². The molecule has 0 aromatic heterocycles. The van der Waals surface area contributed by atoms with E-state index in [-0.39, 0.29) is 75.5 Å². The molecule has 12 amide bonds. The van der Waals surface area contributed by atoms with Gasteiger partial charge in [-0.2, -0.15) is 13.2 Å². The lowest BCUT2D eigenvalue weighted by Gasteiger charge is -2.47. The second kappa shape index (κ2) is 36.6. The number of alkyl halides is 3. The Balaban J connectivity index is 1.30. The number of hydrogen-bond acceptors (Lipinski definition) is 13. The van der Waals surface area contributed by atoms with Gasteiger partial charge in [-0.15, -0.1) is 0 Å². The van der Waals surface area contributed by atoms with Crippen molar-refractivity contribution in [2.45, 2.75) is 236 Å². The van der Waals surface area contributed by atoms with E-state index in [1.807, 2.05) is 20.8 Å². The molecule has 25 nitrogen and oxygen atoms in total. The number of nitrogens with zero attached hydrogens (tertiary/aromatic N) is 9. The summed E-state index contributed by atoms with van der Waals surface area (Å²) in [5.41, 5.74) is -2.40. The molecule has 570 valence electrons. The Bertz CT molecular complexity index is 3180. The van der Waals surface area contributed by atoms with Gasteiger partial charge in [0.1, 0.15) is 47.8 Å². The van der Waals surface area contributed by atoms with Crippen LogP contribution in [0.1, 0.15) is 181 Å². The topological polar surface area (TPSA) is 279 Å². The van der Waals surface area contributed by atoms with Crippen LogP contribution in [0.3, 0.4) is 0 Å². The van der Waals surface area contributed by atoms with Gasteiger partial charge in [0.05, 0.1) is 42.7 Å². The van der Waals surface area contributed by atoms with Gasteiger partial charge in [0.15, 0.2) is 0 Å². The first-order valence-corrected chi connectivity index (χ1v) is 37.3. The molecular weight excluding hydrogens is 1350 g/mol. The summed E-state index contributed by atoms with van der Waals surface area (Å²) >= 11 is 6.18. The van der Waals surface area contributed by atoms with Crippen LogP contribution in [-0.2, 0) is 74.9 Å². The summed E-state index contributed by atoms with van der Waals surface area (Å²) in [6.07, 6.45) is 4.14. The number of amides is 12. The lowest BCUT2D eigenvalue weighted by Crippen LogP contribution is -2.68. The van der Waals surface area contributed by atoms with Crippen LogP contribution in [0.2, 0.25) is 5.02 Å². The molecule has 3 saturated carbocycles. The molecule has 1 aromatic carbocycles. The van der Waals surface area contributed by atoms with Crippen LogP contribution in [0, 0.1) is 23.7 Å². The van der Waals surface area contributed by atoms with E-state index in [0.29, 0.717) is 51.6 Å². The monoisotopic (exact) mass is 1460 g/mol. The fraction of sp³-hybridized carbons (Fsp3) is 0.753. The van der Waals surface area contributed by atoms with Crippen molar-refractivity contribution >= 4 is 82.5 Å². The molecule has 3 N–H and O–H groups in total. The van der Waals surface area contributed by atoms with E-state index < -0.39 is 179 Å². The first-order valence-electron chi connectivity index (χ1n) is 36.9. The maximum Gasteiger partial charge on any atom is 0.417 e. The fourth-order valence-electron chi connectivity index (χ4n) is 15.6. The normalized spacial score (nSPS) is 27.1. The number of fused-ring (bicyclic) bond motifs is 1. The van der Waals surface area contributed by atoms with Crippen molar-refractivity contribution in [3.05, 3.63) is 34.3 Å². The van der Waals surface area contributed by atoms with E-state index in [2.05, 4.69) is 16.0 Å². The van der Waals surface area contributed by atoms with Crippen LogP contribution >= 0.6 is 11.6 Å². The highest BCUT2D eigenvalue weighted by molar-refractivity contribution is 6.31. The van der Waals surface area contributed by atoms with Gasteiger partial charge in [-0.05, 0) is 119 Å². The van der Waals surface area contributed by atoms with Crippen LogP contribution in [0.4, 0.5) is 13.2 Å². The van der Waals surface area contributed by atoms with Crippen LogP contribution in [0.5, 0.6) is 0 Å². The molecular formula is C73H112ClF3N12O13. The molecule has 1 spiro atoms. The molecule has 3 saturated heterocycles. The summed E-state index contributed by atoms with van der Waals surface area (Å²) in [7, 11) is 9.95. The van der Waals surface area contributed by atoms with Gasteiger partial charge in [0.25, 0.3) is 0 Å². The maximum atomic E-state index is 15.8. The molecule has 3 aliphatic carbocycles. The average Bonchev–Trinajstić information content (AvgIpc) is 1.07. The Labute approximate surface area is 604 Å². The summed E-state index contributed by atoms with van der Waals surface area (Å²) in [5, 5.41) is 8.11. The third-order valence-corrected chi connectivity index (χ3v) is 22.6. The fourth-order valence-corrected chi connectivity index (χ4v) is 15.9. The predicted molar refractivity (Wildman–Crippen MR) is 375 cm³/mol. The second-order valence-corrected chi connectivity index (χ2v) is 30.5. The van der Waals surface area contributed by atoms with Crippen molar-refractivity contribution in [3.8, 4) is 0 Å². The van der Waals surface area contributed by atoms with E-state index in [4.69, 9.17) is 16.3 Å². The van der Waals surface area contributed by atoms with Gasteiger partial charge in [-0.25, -0.2) is 0 Å². The molecule has 102 heavy (non-hydrogen) atoms. The van der Waals surface area contributed by atoms with Gasteiger partial charge in [0, 0.05) is 82.0 Å². The third-order valence-electron chi connectivity index (χ3n) is 22.3. The average molecular weight is 1460 g/mol. The van der Waals surface area contributed by atoms with E-state index in [1.54, 1.807) is 18.7 Å². The van der Waals surface area contributed by atoms with E-state index in [9.17, 15) is 46.7 Å². The van der Waals surface area contributed by atoms with Crippen molar-refractivity contribution < 1.29 is 75.4 Å². The number of hydrogen-bond donors (Lipinski definition) is 3. The number of halogens is 4. The van der Waals surface area contributed by atoms with Gasteiger partial charge >= 0.3 is 6.18 Å². The van der Waals surface area contributed by atoms with E-state index >= 15 is 24.0 Å². The van der Waals surface area contributed by atoms with Gasteiger partial charge in [-0.3, -0.25) is 57.5 Å². The van der Waals surface area contributed by atoms with Gasteiger partial charge in [0.2, 0.25) is 70.9 Å².